The average Bonchev–Trinajstić information content (AvgIpc) is 2.80. The standard InChI is InChI=1S/C17H20N2OS/c1-10-4-6-14(11(2)8-10)19-17(20)13-5-7-15-16(9-13)21-12(3)18-15/h4,6,8,13H,5,7,9H2,1-3H3,(H,19,20). The first-order valence-corrected chi connectivity index (χ1v) is 8.18. The zero-order valence-electron chi connectivity index (χ0n) is 12.7. The minimum Gasteiger partial charge on any atom is -0.326 e. The minimum absolute atomic E-state index is 0.0676. The van der Waals surface area contributed by atoms with E-state index in [1.54, 1.807) is 11.3 Å². The minimum atomic E-state index is 0.0676. The van der Waals surface area contributed by atoms with Crippen LogP contribution < -0.4 is 5.32 Å². The van der Waals surface area contributed by atoms with E-state index in [0.717, 1.165) is 35.5 Å². The average molecular weight is 300 g/mol. The second-order valence-corrected chi connectivity index (χ2v) is 7.14. The van der Waals surface area contributed by atoms with Crippen LogP contribution in [0.1, 0.15) is 33.1 Å². The molecule has 0 aliphatic heterocycles. The third kappa shape index (κ3) is 3.00. The molecule has 110 valence electrons. The molecule has 1 unspecified atom stereocenters. The number of nitrogens with zero attached hydrogens (tertiary/aromatic N) is 1. The third-order valence-electron chi connectivity index (χ3n) is 4.06. The molecular weight excluding hydrogens is 280 g/mol. The lowest BCUT2D eigenvalue weighted by molar-refractivity contribution is -0.120. The third-order valence-corrected chi connectivity index (χ3v) is 5.09. The summed E-state index contributed by atoms with van der Waals surface area (Å²) in [7, 11) is 0. The number of anilines is 1. The zero-order valence-corrected chi connectivity index (χ0v) is 13.5. The maximum Gasteiger partial charge on any atom is 0.227 e. The van der Waals surface area contributed by atoms with E-state index in [0.29, 0.717) is 0 Å². The fourth-order valence-corrected chi connectivity index (χ4v) is 3.98. The van der Waals surface area contributed by atoms with E-state index in [1.807, 2.05) is 26.0 Å². The number of rotatable bonds is 2. The first-order chi connectivity index (χ1) is 10.0. The van der Waals surface area contributed by atoms with Crippen LogP contribution in [-0.4, -0.2) is 10.9 Å². The molecule has 1 N–H and O–H groups in total. The molecule has 1 amide bonds. The highest BCUT2D eigenvalue weighted by Gasteiger charge is 2.27. The number of carbonyl (C=O) groups is 1. The zero-order chi connectivity index (χ0) is 15.0. The lowest BCUT2D eigenvalue weighted by Gasteiger charge is -2.21. The number of amides is 1. The van der Waals surface area contributed by atoms with E-state index in [1.165, 1.54) is 16.1 Å². The highest BCUT2D eigenvalue weighted by Crippen LogP contribution is 2.30. The number of thiazole rings is 1. The second-order valence-electron chi connectivity index (χ2n) is 5.85. The van der Waals surface area contributed by atoms with Crippen molar-refractivity contribution in [3.8, 4) is 0 Å². The van der Waals surface area contributed by atoms with Crippen LogP contribution in [-0.2, 0) is 17.6 Å². The Hall–Kier alpha value is -1.68. The van der Waals surface area contributed by atoms with Gasteiger partial charge in [0.1, 0.15) is 0 Å². The smallest absolute Gasteiger partial charge is 0.227 e. The molecule has 21 heavy (non-hydrogen) atoms. The van der Waals surface area contributed by atoms with Crippen molar-refractivity contribution in [1.82, 2.24) is 4.98 Å². The summed E-state index contributed by atoms with van der Waals surface area (Å²) in [6.07, 6.45) is 2.65. The van der Waals surface area contributed by atoms with Crippen LogP contribution in [0.5, 0.6) is 0 Å². The van der Waals surface area contributed by atoms with E-state index < -0.39 is 0 Å². The summed E-state index contributed by atoms with van der Waals surface area (Å²) in [5.41, 5.74) is 4.46. The van der Waals surface area contributed by atoms with Crippen LogP contribution in [0.4, 0.5) is 5.69 Å². The van der Waals surface area contributed by atoms with Crippen molar-refractivity contribution in [2.75, 3.05) is 5.32 Å². The SMILES string of the molecule is Cc1ccc(NC(=O)C2CCc3nc(C)sc3C2)c(C)c1. The maximum absolute atomic E-state index is 12.5. The molecule has 1 aromatic heterocycles. The number of carbonyl (C=O) groups excluding carboxylic acids is 1. The molecule has 1 atom stereocenters. The molecule has 0 fully saturated rings. The summed E-state index contributed by atoms with van der Waals surface area (Å²) in [6.45, 7) is 6.13. The Morgan fingerprint density at radius 3 is 2.90 bits per heavy atom. The predicted molar refractivity (Wildman–Crippen MR) is 86.9 cm³/mol. The number of aromatic nitrogens is 1. The fourth-order valence-electron chi connectivity index (χ4n) is 2.92. The van der Waals surface area contributed by atoms with Crippen molar-refractivity contribution in [2.24, 2.45) is 5.92 Å². The number of hydrogen-bond donors (Lipinski definition) is 1. The molecule has 0 spiro atoms. The largest absolute Gasteiger partial charge is 0.326 e. The van der Waals surface area contributed by atoms with Crippen LogP contribution in [0.25, 0.3) is 0 Å². The van der Waals surface area contributed by atoms with Crippen molar-refractivity contribution in [3.63, 3.8) is 0 Å². The van der Waals surface area contributed by atoms with Crippen molar-refractivity contribution in [3.05, 3.63) is 44.9 Å². The number of benzene rings is 1. The van der Waals surface area contributed by atoms with Crippen LogP contribution in [0.2, 0.25) is 0 Å². The van der Waals surface area contributed by atoms with E-state index in [4.69, 9.17) is 0 Å². The van der Waals surface area contributed by atoms with Gasteiger partial charge < -0.3 is 5.32 Å². The molecule has 3 nitrogen and oxygen atoms in total. The van der Waals surface area contributed by atoms with Gasteiger partial charge in [-0.05, 0) is 51.7 Å². The molecule has 4 heteroatoms. The number of nitrogens with one attached hydrogen (secondary N) is 1. The van der Waals surface area contributed by atoms with Crippen LogP contribution in [0.3, 0.4) is 0 Å². The molecule has 1 aliphatic rings. The van der Waals surface area contributed by atoms with E-state index in [9.17, 15) is 4.79 Å². The van der Waals surface area contributed by atoms with Gasteiger partial charge in [0.15, 0.2) is 0 Å². The van der Waals surface area contributed by atoms with Gasteiger partial charge in [-0.25, -0.2) is 4.98 Å². The maximum atomic E-state index is 12.5. The van der Waals surface area contributed by atoms with Gasteiger partial charge in [-0.1, -0.05) is 17.7 Å². The summed E-state index contributed by atoms with van der Waals surface area (Å²) in [5.74, 6) is 0.205. The Morgan fingerprint density at radius 1 is 1.33 bits per heavy atom. The van der Waals surface area contributed by atoms with Gasteiger partial charge in [0.2, 0.25) is 5.91 Å². The van der Waals surface area contributed by atoms with E-state index in [2.05, 4.69) is 23.3 Å². The molecule has 3 rings (SSSR count). The first-order valence-electron chi connectivity index (χ1n) is 7.36. The molecule has 0 bridgehead atoms. The van der Waals surface area contributed by atoms with Gasteiger partial charge in [-0.2, -0.15) is 0 Å². The van der Waals surface area contributed by atoms with Crippen LogP contribution in [0.15, 0.2) is 18.2 Å². The Balaban J connectivity index is 1.72. The number of hydrogen-bond acceptors (Lipinski definition) is 3. The van der Waals surface area contributed by atoms with Gasteiger partial charge in [-0.15, -0.1) is 11.3 Å². The summed E-state index contributed by atoms with van der Waals surface area (Å²) >= 11 is 1.73. The monoisotopic (exact) mass is 300 g/mol. The van der Waals surface area contributed by atoms with Crippen molar-refractivity contribution in [2.45, 2.75) is 40.0 Å². The Labute approximate surface area is 129 Å². The number of aryl methyl sites for hydroxylation is 4. The first kappa shape index (κ1) is 14.3. The predicted octanol–water partition coefficient (Wildman–Crippen LogP) is 3.81. The quantitative estimate of drug-likeness (QED) is 0.916. The molecule has 0 saturated heterocycles. The Morgan fingerprint density at radius 2 is 2.14 bits per heavy atom. The summed E-state index contributed by atoms with van der Waals surface area (Å²) < 4.78 is 0. The van der Waals surface area contributed by atoms with Crippen molar-refractivity contribution >= 4 is 22.9 Å². The number of fused-ring (bicyclic) bond motifs is 1. The van der Waals surface area contributed by atoms with Gasteiger partial charge in [0.25, 0.3) is 0 Å². The van der Waals surface area contributed by atoms with E-state index in [-0.39, 0.29) is 11.8 Å². The lowest BCUT2D eigenvalue weighted by atomic mass is 9.90. The Bertz CT molecular complexity index is 690. The molecular formula is C17H20N2OS. The second kappa shape index (κ2) is 5.60. The summed E-state index contributed by atoms with van der Waals surface area (Å²) in [5, 5.41) is 4.20. The van der Waals surface area contributed by atoms with Crippen LogP contribution in [0, 0.1) is 26.7 Å². The lowest BCUT2D eigenvalue weighted by Crippen LogP contribution is -2.28. The summed E-state index contributed by atoms with van der Waals surface area (Å²) in [6, 6.07) is 6.13. The van der Waals surface area contributed by atoms with Gasteiger partial charge in [-0.3, -0.25) is 4.79 Å². The molecule has 2 aromatic rings. The van der Waals surface area contributed by atoms with Crippen molar-refractivity contribution in [1.29, 1.82) is 0 Å². The molecule has 0 radical (unpaired) electrons. The van der Waals surface area contributed by atoms with Gasteiger partial charge >= 0.3 is 0 Å². The molecule has 1 aromatic carbocycles. The summed E-state index contributed by atoms with van der Waals surface area (Å²) in [4.78, 5) is 18.3. The Kier molecular flexibility index (Phi) is 3.81. The fraction of sp³-hybridized carbons (Fsp3) is 0.412. The van der Waals surface area contributed by atoms with Crippen LogP contribution >= 0.6 is 11.3 Å². The highest BCUT2D eigenvalue weighted by molar-refractivity contribution is 7.11. The highest BCUT2D eigenvalue weighted by atomic mass is 32.1. The molecule has 1 heterocycles. The van der Waals surface area contributed by atoms with Crippen molar-refractivity contribution < 1.29 is 4.79 Å². The molecule has 1 aliphatic carbocycles. The topological polar surface area (TPSA) is 42.0 Å². The van der Waals surface area contributed by atoms with Gasteiger partial charge in [0, 0.05) is 16.5 Å². The van der Waals surface area contributed by atoms with Gasteiger partial charge in [0.05, 0.1) is 10.7 Å². The normalized spacial score (nSPS) is 17.4. The molecule has 0 saturated carbocycles. The van der Waals surface area contributed by atoms with E-state index >= 15 is 0 Å².